The van der Waals surface area contributed by atoms with Gasteiger partial charge >= 0.3 is 0 Å². The summed E-state index contributed by atoms with van der Waals surface area (Å²) in [6, 6.07) is 6.08. The average Bonchev–Trinajstić information content (AvgIpc) is 3.03. The Balaban J connectivity index is 1.58. The van der Waals surface area contributed by atoms with Crippen LogP contribution in [0.4, 0.5) is 4.39 Å². The van der Waals surface area contributed by atoms with Gasteiger partial charge in [0.15, 0.2) is 0 Å². The van der Waals surface area contributed by atoms with E-state index in [0.29, 0.717) is 19.6 Å². The number of hydrogen-bond donors (Lipinski definition) is 1. The van der Waals surface area contributed by atoms with Crippen molar-refractivity contribution in [1.82, 2.24) is 15.1 Å². The molecule has 2 heterocycles. The van der Waals surface area contributed by atoms with Crippen LogP contribution in [-0.2, 0) is 16.1 Å². The van der Waals surface area contributed by atoms with Crippen molar-refractivity contribution < 1.29 is 14.0 Å². The van der Waals surface area contributed by atoms with Gasteiger partial charge in [0.05, 0.1) is 12.6 Å². The minimum Gasteiger partial charge on any atom is -0.335 e. The summed E-state index contributed by atoms with van der Waals surface area (Å²) in [5, 5.41) is 3.13. The summed E-state index contributed by atoms with van der Waals surface area (Å²) < 4.78 is 13.2. The smallest absolute Gasteiger partial charge is 0.242 e. The highest BCUT2D eigenvalue weighted by Crippen LogP contribution is 2.15. The number of piperazine rings is 1. The lowest BCUT2D eigenvalue weighted by Crippen LogP contribution is -2.55. The molecule has 1 unspecified atom stereocenters. The molecule has 1 atom stereocenters. The molecule has 1 aromatic carbocycles. The molecule has 0 aliphatic carbocycles. The number of carbonyl (C=O) groups is 2. The summed E-state index contributed by atoms with van der Waals surface area (Å²) in [6.07, 6.45) is 0. The first-order valence-electron chi connectivity index (χ1n) is 7.25. The van der Waals surface area contributed by atoms with Crippen molar-refractivity contribution in [3.05, 3.63) is 35.6 Å². The first-order valence-corrected chi connectivity index (χ1v) is 8.41. The van der Waals surface area contributed by atoms with Crippen molar-refractivity contribution in [3.8, 4) is 0 Å². The zero-order valence-corrected chi connectivity index (χ0v) is 12.9. The topological polar surface area (TPSA) is 52.7 Å². The molecule has 2 aliphatic heterocycles. The van der Waals surface area contributed by atoms with E-state index in [1.807, 2.05) is 0 Å². The van der Waals surface area contributed by atoms with E-state index in [-0.39, 0.29) is 30.2 Å². The molecule has 1 aromatic rings. The zero-order chi connectivity index (χ0) is 15.5. The molecule has 2 fully saturated rings. The van der Waals surface area contributed by atoms with Crippen LogP contribution in [0.3, 0.4) is 0 Å². The van der Waals surface area contributed by atoms with Crippen molar-refractivity contribution in [2.24, 2.45) is 0 Å². The Morgan fingerprint density at radius 3 is 2.95 bits per heavy atom. The third kappa shape index (κ3) is 3.41. The Hall–Kier alpha value is -1.60. The molecule has 2 amide bonds. The highest BCUT2D eigenvalue weighted by Gasteiger charge is 2.32. The molecule has 0 saturated carbocycles. The number of rotatable bonds is 3. The maximum Gasteiger partial charge on any atom is 0.242 e. The average molecular weight is 323 g/mol. The first-order chi connectivity index (χ1) is 10.6. The Labute approximate surface area is 132 Å². The van der Waals surface area contributed by atoms with Crippen LogP contribution < -0.4 is 5.32 Å². The molecule has 22 heavy (non-hydrogen) atoms. The number of hydrogen-bond acceptors (Lipinski definition) is 4. The fourth-order valence-corrected chi connectivity index (χ4v) is 3.63. The van der Waals surface area contributed by atoms with Gasteiger partial charge in [0.1, 0.15) is 5.82 Å². The fourth-order valence-electron chi connectivity index (χ4n) is 2.69. The monoisotopic (exact) mass is 323 g/mol. The van der Waals surface area contributed by atoms with Crippen LogP contribution in [0, 0.1) is 5.82 Å². The van der Waals surface area contributed by atoms with Crippen molar-refractivity contribution in [3.63, 3.8) is 0 Å². The summed E-state index contributed by atoms with van der Waals surface area (Å²) in [6.45, 7) is 1.51. The maximum absolute atomic E-state index is 13.2. The fraction of sp³-hybridized carbons (Fsp3) is 0.467. The molecule has 0 radical (unpaired) electrons. The second-order valence-electron chi connectivity index (χ2n) is 5.48. The first kappa shape index (κ1) is 15.3. The number of amides is 2. The standard InChI is InChI=1S/C15H18FN3O2S/c16-12-3-1-2-11(6-12)7-18-4-5-19(8-14(18)20)15(21)13-9-22-10-17-13/h1-3,6,13,17H,4-5,7-10H2. The lowest BCUT2D eigenvalue weighted by Gasteiger charge is -2.35. The van der Waals surface area contributed by atoms with Gasteiger partial charge in [-0.2, -0.15) is 0 Å². The summed E-state index contributed by atoms with van der Waals surface area (Å²) in [5.41, 5.74) is 0.766. The second kappa shape index (κ2) is 6.66. The van der Waals surface area contributed by atoms with E-state index in [1.165, 1.54) is 12.1 Å². The molecule has 0 spiro atoms. The van der Waals surface area contributed by atoms with Gasteiger partial charge in [0, 0.05) is 31.3 Å². The quantitative estimate of drug-likeness (QED) is 0.888. The van der Waals surface area contributed by atoms with Crippen LogP contribution in [0.15, 0.2) is 24.3 Å². The molecule has 0 bridgehead atoms. The summed E-state index contributed by atoms with van der Waals surface area (Å²) in [5.74, 6) is 1.15. The minimum atomic E-state index is -0.302. The van der Waals surface area contributed by atoms with E-state index in [9.17, 15) is 14.0 Å². The SMILES string of the molecule is O=C1CN(C(=O)C2CSCN2)CCN1Cc1cccc(F)c1. The summed E-state index contributed by atoms with van der Waals surface area (Å²) in [7, 11) is 0. The van der Waals surface area contributed by atoms with Crippen LogP contribution in [0.1, 0.15) is 5.56 Å². The van der Waals surface area contributed by atoms with Crippen LogP contribution in [-0.4, -0.2) is 58.9 Å². The van der Waals surface area contributed by atoms with E-state index in [0.717, 1.165) is 17.2 Å². The minimum absolute atomic E-state index is 0.00348. The Bertz CT molecular complexity index is 578. The van der Waals surface area contributed by atoms with Gasteiger partial charge < -0.3 is 9.80 Å². The summed E-state index contributed by atoms with van der Waals surface area (Å²) in [4.78, 5) is 27.8. The van der Waals surface area contributed by atoms with Gasteiger partial charge in [-0.25, -0.2) is 4.39 Å². The largest absolute Gasteiger partial charge is 0.335 e. The number of carbonyl (C=O) groups excluding carboxylic acids is 2. The van der Waals surface area contributed by atoms with Crippen molar-refractivity contribution in [1.29, 1.82) is 0 Å². The number of nitrogens with zero attached hydrogens (tertiary/aromatic N) is 2. The normalized spacial score (nSPS) is 22.2. The van der Waals surface area contributed by atoms with E-state index in [4.69, 9.17) is 0 Å². The van der Waals surface area contributed by atoms with Crippen molar-refractivity contribution >= 4 is 23.6 Å². The van der Waals surface area contributed by atoms with Crippen LogP contribution >= 0.6 is 11.8 Å². The number of thioether (sulfide) groups is 1. The lowest BCUT2D eigenvalue weighted by molar-refractivity contribution is -0.146. The van der Waals surface area contributed by atoms with Gasteiger partial charge in [-0.3, -0.25) is 14.9 Å². The van der Waals surface area contributed by atoms with Crippen LogP contribution in [0.25, 0.3) is 0 Å². The molecule has 7 heteroatoms. The number of benzene rings is 1. The van der Waals surface area contributed by atoms with Gasteiger partial charge in [-0.15, -0.1) is 11.8 Å². The Morgan fingerprint density at radius 2 is 2.27 bits per heavy atom. The van der Waals surface area contributed by atoms with Gasteiger partial charge in [0.25, 0.3) is 0 Å². The Morgan fingerprint density at radius 1 is 1.41 bits per heavy atom. The number of halogens is 1. The predicted octanol–water partition coefficient (Wildman–Crippen LogP) is 0.659. The van der Waals surface area contributed by atoms with Crippen LogP contribution in [0.5, 0.6) is 0 Å². The van der Waals surface area contributed by atoms with Crippen molar-refractivity contribution in [2.45, 2.75) is 12.6 Å². The molecular weight excluding hydrogens is 305 g/mol. The predicted molar refractivity (Wildman–Crippen MR) is 82.6 cm³/mol. The molecule has 0 aromatic heterocycles. The van der Waals surface area contributed by atoms with E-state index in [2.05, 4.69) is 5.32 Å². The lowest BCUT2D eigenvalue weighted by atomic mass is 10.1. The zero-order valence-electron chi connectivity index (χ0n) is 12.1. The molecule has 118 valence electrons. The van der Waals surface area contributed by atoms with Gasteiger partial charge in [-0.1, -0.05) is 12.1 Å². The third-order valence-corrected chi connectivity index (χ3v) is 4.85. The molecule has 3 rings (SSSR count). The van der Waals surface area contributed by atoms with E-state index < -0.39 is 0 Å². The maximum atomic E-state index is 13.2. The molecular formula is C15H18FN3O2S. The highest BCUT2D eigenvalue weighted by molar-refractivity contribution is 7.99. The molecule has 2 saturated heterocycles. The van der Waals surface area contributed by atoms with E-state index >= 15 is 0 Å². The third-order valence-electron chi connectivity index (χ3n) is 3.91. The molecule has 2 aliphatic rings. The molecule has 5 nitrogen and oxygen atoms in total. The van der Waals surface area contributed by atoms with Crippen molar-refractivity contribution in [2.75, 3.05) is 31.3 Å². The molecule has 1 N–H and O–H groups in total. The Kier molecular flexibility index (Phi) is 4.63. The van der Waals surface area contributed by atoms with Crippen LogP contribution in [0.2, 0.25) is 0 Å². The highest BCUT2D eigenvalue weighted by atomic mass is 32.2. The van der Waals surface area contributed by atoms with Gasteiger partial charge in [-0.05, 0) is 17.7 Å². The summed E-state index contributed by atoms with van der Waals surface area (Å²) >= 11 is 1.69. The second-order valence-corrected chi connectivity index (χ2v) is 6.51. The number of nitrogens with one attached hydrogen (secondary N) is 1. The van der Waals surface area contributed by atoms with Gasteiger partial charge in [0.2, 0.25) is 11.8 Å². The van der Waals surface area contributed by atoms with E-state index in [1.54, 1.807) is 33.7 Å².